The number of Topliss-reactive ketones (excluding diaryl/α,β-unsaturated/α-hetero) is 1. The van der Waals surface area contributed by atoms with Crippen molar-refractivity contribution in [3.8, 4) is 5.75 Å². The predicted molar refractivity (Wildman–Crippen MR) is 122 cm³/mol. The number of nitrogens with zero attached hydrogens (tertiary/aromatic N) is 2. The molecule has 0 radical (unpaired) electrons. The second-order valence-electron chi connectivity index (χ2n) is 7.89. The molecule has 0 aliphatic carbocycles. The Labute approximate surface area is 191 Å². The Bertz CT molecular complexity index is 1070. The van der Waals surface area contributed by atoms with Crippen molar-refractivity contribution in [3.05, 3.63) is 60.2 Å². The molecule has 0 fully saturated rings. The molecular formula is C24H27N3O6. The van der Waals surface area contributed by atoms with Gasteiger partial charge < -0.3 is 24.8 Å². The highest BCUT2D eigenvalue weighted by atomic mass is 16.5. The number of anilines is 1. The Hall–Kier alpha value is -3.72. The maximum atomic E-state index is 12.9. The van der Waals surface area contributed by atoms with Gasteiger partial charge in [0.05, 0.1) is 6.33 Å². The number of fused-ring (bicyclic) bond motifs is 1. The number of nitrogens with one attached hydrogen (secondary N) is 1. The van der Waals surface area contributed by atoms with Gasteiger partial charge in [0.2, 0.25) is 0 Å². The van der Waals surface area contributed by atoms with Crippen LogP contribution < -0.4 is 5.32 Å². The molecule has 9 nitrogen and oxygen atoms in total. The number of rotatable bonds is 4. The fraction of sp³-hybridized carbons (Fsp3) is 0.333. The molecule has 3 rings (SSSR count). The van der Waals surface area contributed by atoms with Crippen LogP contribution in [0.4, 0.5) is 5.69 Å². The van der Waals surface area contributed by atoms with Crippen molar-refractivity contribution in [2.24, 2.45) is 5.92 Å². The van der Waals surface area contributed by atoms with E-state index in [0.29, 0.717) is 24.3 Å². The van der Waals surface area contributed by atoms with E-state index in [9.17, 15) is 24.6 Å². The Morgan fingerprint density at radius 3 is 2.73 bits per heavy atom. The molecule has 3 N–H and O–H groups in total. The zero-order valence-electron chi connectivity index (χ0n) is 18.5. The highest BCUT2D eigenvalue weighted by Crippen LogP contribution is 2.29. The summed E-state index contributed by atoms with van der Waals surface area (Å²) in [5.41, 5.74) is 0.873. The van der Waals surface area contributed by atoms with Crippen LogP contribution in [0.25, 0.3) is 6.08 Å². The first kappa shape index (κ1) is 23.9. The third-order valence-corrected chi connectivity index (χ3v) is 5.40. The first-order valence-electron chi connectivity index (χ1n) is 10.6. The Morgan fingerprint density at radius 1 is 1.21 bits per heavy atom. The number of imidazole rings is 1. The van der Waals surface area contributed by atoms with Gasteiger partial charge in [-0.15, -0.1) is 0 Å². The number of hydrogen-bond acceptors (Lipinski definition) is 8. The Kier molecular flexibility index (Phi) is 7.78. The molecular weight excluding hydrogens is 426 g/mol. The number of cyclic esters (lactones) is 1. The van der Waals surface area contributed by atoms with Gasteiger partial charge in [-0.05, 0) is 24.6 Å². The number of ketones is 2. The lowest BCUT2D eigenvalue weighted by Gasteiger charge is -2.20. The van der Waals surface area contributed by atoms with Crippen molar-refractivity contribution < 1.29 is 29.3 Å². The predicted octanol–water partition coefficient (Wildman–Crippen LogP) is 2.35. The van der Waals surface area contributed by atoms with E-state index in [1.54, 1.807) is 32.4 Å². The second-order valence-corrected chi connectivity index (χ2v) is 7.89. The number of allylic oxidation sites excluding steroid dienone is 1. The largest absolute Gasteiger partial charge is 0.507 e. The van der Waals surface area contributed by atoms with Gasteiger partial charge in [0, 0.05) is 49.6 Å². The van der Waals surface area contributed by atoms with Gasteiger partial charge >= 0.3 is 5.97 Å². The van der Waals surface area contributed by atoms with Crippen LogP contribution in [0.2, 0.25) is 0 Å². The Morgan fingerprint density at radius 2 is 2.00 bits per heavy atom. The van der Waals surface area contributed by atoms with E-state index in [1.807, 2.05) is 10.8 Å². The second kappa shape index (κ2) is 10.7. The maximum Gasteiger partial charge on any atom is 0.342 e. The van der Waals surface area contributed by atoms with Crippen LogP contribution in [0, 0.1) is 5.92 Å². The fourth-order valence-electron chi connectivity index (χ4n) is 3.25. The van der Waals surface area contributed by atoms with Gasteiger partial charge in [-0.3, -0.25) is 9.59 Å². The monoisotopic (exact) mass is 453 g/mol. The number of phenols is 1. The number of ether oxygens (including phenoxy) is 1. The summed E-state index contributed by atoms with van der Waals surface area (Å²) >= 11 is 0. The number of aliphatic hydroxyl groups is 1. The number of aromatic nitrogens is 2. The average molecular weight is 453 g/mol. The standard InChI is InChI=1S/C24H27N3O6/c1-15-6-7-20(29)23(31)19(28)5-3-4-17-12-18(26-9-11-27-10-8-25-14-27)13-21(30)22(17)24(32)33-16(15)2/h3-4,6-8,10,12-16,23,26,30-31H,5,9,11H2,1-2H3/b4-3+,7-6-/t15-,16+,23+/m1/s1. The third-order valence-electron chi connectivity index (χ3n) is 5.40. The van der Waals surface area contributed by atoms with Crippen LogP contribution in [0.15, 0.2) is 49.1 Å². The van der Waals surface area contributed by atoms with E-state index < -0.39 is 29.7 Å². The van der Waals surface area contributed by atoms with E-state index in [-0.39, 0.29) is 23.7 Å². The molecule has 1 aromatic heterocycles. The number of phenolic OH excluding ortho intramolecular Hbond substituents is 1. The van der Waals surface area contributed by atoms with E-state index >= 15 is 0 Å². The number of aromatic hydroxyl groups is 1. The SMILES string of the molecule is C[C@@H]1/C=C\C(=O)[C@@H](O)C(=O)C/C=C/c2cc(NCCn3ccnc3)cc(O)c2C(=O)O[C@H]1C. The number of esters is 1. The smallest absolute Gasteiger partial charge is 0.342 e. The van der Waals surface area contributed by atoms with Crippen LogP contribution in [0.3, 0.4) is 0 Å². The summed E-state index contributed by atoms with van der Waals surface area (Å²) < 4.78 is 7.40. The minimum Gasteiger partial charge on any atom is -0.507 e. The number of aliphatic hydroxyl groups excluding tert-OH is 1. The highest BCUT2D eigenvalue weighted by molar-refractivity contribution is 6.10. The van der Waals surface area contributed by atoms with Crippen LogP contribution in [-0.4, -0.2) is 56.1 Å². The first-order chi connectivity index (χ1) is 15.8. The topological polar surface area (TPSA) is 131 Å². The van der Waals surface area contributed by atoms with E-state index in [0.717, 1.165) is 6.08 Å². The molecule has 9 heteroatoms. The minimum atomic E-state index is -1.76. The van der Waals surface area contributed by atoms with Gasteiger partial charge in [0.25, 0.3) is 0 Å². The van der Waals surface area contributed by atoms with Crippen molar-refractivity contribution >= 4 is 29.3 Å². The molecule has 0 spiro atoms. The maximum absolute atomic E-state index is 12.9. The number of hydrogen-bond donors (Lipinski definition) is 3. The van der Waals surface area contributed by atoms with Crippen molar-refractivity contribution in [2.75, 3.05) is 11.9 Å². The van der Waals surface area contributed by atoms with E-state index in [1.165, 1.54) is 24.3 Å². The van der Waals surface area contributed by atoms with Gasteiger partial charge in [0.1, 0.15) is 17.4 Å². The summed E-state index contributed by atoms with van der Waals surface area (Å²) in [6.45, 7) is 4.56. The zero-order valence-corrected chi connectivity index (χ0v) is 18.5. The quantitative estimate of drug-likeness (QED) is 0.475. The zero-order chi connectivity index (χ0) is 24.0. The molecule has 0 saturated carbocycles. The van der Waals surface area contributed by atoms with Crippen LogP contribution >= 0.6 is 0 Å². The van der Waals surface area contributed by atoms with Crippen LogP contribution in [0.1, 0.15) is 36.2 Å². The van der Waals surface area contributed by atoms with Gasteiger partial charge in [0.15, 0.2) is 17.7 Å². The lowest BCUT2D eigenvalue weighted by molar-refractivity contribution is -0.135. The van der Waals surface area contributed by atoms with Crippen molar-refractivity contribution in [2.45, 2.75) is 39.0 Å². The summed E-state index contributed by atoms with van der Waals surface area (Å²) in [6, 6.07) is 3.10. The number of benzene rings is 1. The van der Waals surface area contributed by atoms with Crippen molar-refractivity contribution in [1.29, 1.82) is 0 Å². The lowest BCUT2D eigenvalue weighted by Crippen LogP contribution is -2.28. The highest BCUT2D eigenvalue weighted by Gasteiger charge is 2.24. The molecule has 174 valence electrons. The summed E-state index contributed by atoms with van der Waals surface area (Å²) in [5, 5.41) is 23.8. The molecule has 3 atom stereocenters. The number of carbonyl (C=O) groups is 3. The molecule has 2 aromatic rings. The molecule has 1 aliphatic heterocycles. The first-order valence-corrected chi connectivity index (χ1v) is 10.6. The van der Waals surface area contributed by atoms with E-state index in [4.69, 9.17) is 4.74 Å². The molecule has 33 heavy (non-hydrogen) atoms. The van der Waals surface area contributed by atoms with Gasteiger partial charge in [-0.2, -0.15) is 0 Å². The Balaban J connectivity index is 1.90. The van der Waals surface area contributed by atoms with Gasteiger partial charge in [-0.1, -0.05) is 25.2 Å². The number of carbonyl (C=O) groups excluding carboxylic acids is 3. The van der Waals surface area contributed by atoms with Crippen LogP contribution in [-0.2, 0) is 20.9 Å². The molecule has 0 amide bonds. The van der Waals surface area contributed by atoms with Crippen LogP contribution in [0.5, 0.6) is 5.75 Å². The molecule has 1 aliphatic rings. The minimum absolute atomic E-state index is 0.0319. The fourth-order valence-corrected chi connectivity index (χ4v) is 3.25. The normalized spacial score (nSPS) is 23.8. The summed E-state index contributed by atoms with van der Waals surface area (Å²) in [6.07, 6.45) is 8.11. The lowest BCUT2D eigenvalue weighted by atomic mass is 10.00. The summed E-state index contributed by atoms with van der Waals surface area (Å²) in [7, 11) is 0. The third kappa shape index (κ3) is 6.17. The molecule has 0 unspecified atom stereocenters. The molecule has 2 heterocycles. The van der Waals surface area contributed by atoms with E-state index in [2.05, 4.69) is 10.3 Å². The van der Waals surface area contributed by atoms with Crippen molar-refractivity contribution in [3.63, 3.8) is 0 Å². The van der Waals surface area contributed by atoms with Crippen molar-refractivity contribution in [1.82, 2.24) is 9.55 Å². The summed E-state index contributed by atoms with van der Waals surface area (Å²) in [4.78, 5) is 41.1. The molecule has 1 aromatic carbocycles. The average Bonchev–Trinajstić information content (AvgIpc) is 3.29. The molecule has 0 saturated heterocycles. The summed E-state index contributed by atoms with van der Waals surface area (Å²) in [5.74, 6) is -2.75. The molecule has 0 bridgehead atoms. The van der Waals surface area contributed by atoms with Gasteiger partial charge in [-0.25, -0.2) is 9.78 Å².